The molecule has 0 atom stereocenters. The van der Waals surface area contributed by atoms with Gasteiger partial charge in [-0.2, -0.15) is 0 Å². The molecule has 2 amide bonds. The highest BCUT2D eigenvalue weighted by atomic mass is 16.8. The van der Waals surface area contributed by atoms with Crippen LogP contribution < -0.4 is 0 Å². The Hall–Kier alpha value is -2.97. The van der Waals surface area contributed by atoms with Crippen molar-refractivity contribution in [3.8, 4) is 0 Å². The van der Waals surface area contributed by atoms with Gasteiger partial charge in [0, 0.05) is 19.4 Å². The van der Waals surface area contributed by atoms with E-state index < -0.39 is 29.5 Å². The van der Waals surface area contributed by atoms with Crippen LogP contribution in [0.2, 0.25) is 0 Å². The van der Waals surface area contributed by atoms with Gasteiger partial charge in [0.1, 0.15) is 6.61 Å². The molecule has 0 bridgehead atoms. The van der Waals surface area contributed by atoms with E-state index in [4.69, 9.17) is 0 Å². The van der Waals surface area contributed by atoms with Crippen molar-refractivity contribution in [2.75, 3.05) is 0 Å². The number of ether oxygens (including phenoxy) is 1. The van der Waals surface area contributed by atoms with Crippen LogP contribution in [-0.4, -0.2) is 28.0 Å². The van der Waals surface area contributed by atoms with Crippen molar-refractivity contribution in [2.24, 2.45) is 0 Å². The molecule has 1 rings (SSSR count). The van der Waals surface area contributed by atoms with Gasteiger partial charge in [-0.1, -0.05) is 24.1 Å². The van der Waals surface area contributed by atoms with Gasteiger partial charge in [-0.3, -0.25) is 24.5 Å². The molecular weight excluding hydrogens is 296 g/mol. The minimum absolute atomic E-state index is 0.0446. The van der Waals surface area contributed by atoms with Gasteiger partial charge in [-0.25, -0.2) is 4.79 Å². The first kappa shape index (κ1) is 17.1. The second kappa shape index (κ2) is 7.72. The summed E-state index contributed by atoms with van der Waals surface area (Å²) in [5.74, 6) is -1.50. The summed E-state index contributed by atoms with van der Waals surface area (Å²) >= 11 is 0. The van der Waals surface area contributed by atoms with Crippen LogP contribution in [0.25, 0.3) is 0 Å². The average Bonchev–Trinajstić information content (AvgIpc) is 2.49. The number of nitrogens with zero attached hydrogens (tertiary/aromatic N) is 2. The van der Waals surface area contributed by atoms with Gasteiger partial charge in [0.05, 0.1) is 10.5 Å². The van der Waals surface area contributed by atoms with Gasteiger partial charge in [-0.05, 0) is 6.07 Å². The van der Waals surface area contributed by atoms with Crippen molar-refractivity contribution in [1.29, 1.82) is 0 Å². The Labute approximate surface area is 125 Å². The Bertz CT molecular complexity index is 600. The third-order valence-electron chi connectivity index (χ3n) is 2.51. The number of hydroxylamine groups is 2. The summed E-state index contributed by atoms with van der Waals surface area (Å²) < 4.78 is 4.68. The molecule has 0 aromatic heterocycles. The molecule has 0 spiro atoms. The summed E-state index contributed by atoms with van der Waals surface area (Å²) in [6.07, 6.45) is -1.35. The van der Waals surface area contributed by atoms with E-state index in [2.05, 4.69) is 9.57 Å². The minimum atomic E-state index is -1.31. The normalized spacial score (nSPS) is 9.73. The first-order valence-corrected chi connectivity index (χ1v) is 6.27. The predicted octanol–water partition coefficient (Wildman–Crippen LogP) is 1.95. The largest absolute Gasteiger partial charge is 0.534 e. The zero-order valence-electron chi connectivity index (χ0n) is 12.0. The Balaban J connectivity index is 2.69. The highest BCUT2D eigenvalue weighted by Crippen LogP contribution is 2.18. The lowest BCUT2D eigenvalue weighted by Crippen LogP contribution is -2.37. The van der Waals surface area contributed by atoms with E-state index in [0.717, 1.165) is 6.92 Å². The molecule has 0 saturated heterocycles. The van der Waals surface area contributed by atoms with E-state index in [1.807, 2.05) is 0 Å². The Morgan fingerprint density at radius 1 is 1.27 bits per heavy atom. The van der Waals surface area contributed by atoms with E-state index in [0.29, 0.717) is 0 Å². The number of hydrogen-bond donors (Lipinski definition) is 0. The zero-order valence-corrected chi connectivity index (χ0v) is 12.0. The maximum atomic E-state index is 11.5. The van der Waals surface area contributed by atoms with Crippen LogP contribution in [0.1, 0.15) is 25.8 Å². The van der Waals surface area contributed by atoms with Crippen molar-refractivity contribution in [2.45, 2.75) is 26.9 Å². The molecule has 0 aliphatic carbocycles. The molecule has 0 aliphatic heterocycles. The average molecular weight is 310 g/mol. The third kappa shape index (κ3) is 4.54. The van der Waals surface area contributed by atoms with Gasteiger partial charge in [0.2, 0.25) is 0 Å². The molecule has 0 fully saturated rings. The minimum Gasteiger partial charge on any atom is -0.428 e. The Morgan fingerprint density at radius 2 is 1.91 bits per heavy atom. The fraction of sp³-hybridized carbons (Fsp3) is 0.308. The lowest BCUT2D eigenvalue weighted by molar-refractivity contribution is -0.385. The summed E-state index contributed by atoms with van der Waals surface area (Å²) in [6, 6.07) is 5.68. The number of hydrogen-bond acceptors (Lipinski definition) is 7. The summed E-state index contributed by atoms with van der Waals surface area (Å²) in [6.45, 7) is 2.10. The highest BCUT2D eigenvalue weighted by molar-refractivity contribution is 5.93. The number of rotatable bonds is 4. The lowest BCUT2D eigenvalue weighted by Gasteiger charge is -2.16. The fourth-order valence-electron chi connectivity index (χ4n) is 1.48. The van der Waals surface area contributed by atoms with Crippen LogP contribution in [0, 0.1) is 10.1 Å². The maximum Gasteiger partial charge on any atom is 0.534 e. The number of nitro benzene ring substituents is 1. The van der Waals surface area contributed by atoms with Crippen LogP contribution in [0.5, 0.6) is 0 Å². The van der Waals surface area contributed by atoms with E-state index in [1.165, 1.54) is 25.1 Å². The zero-order chi connectivity index (χ0) is 16.7. The molecule has 0 aliphatic rings. The Morgan fingerprint density at radius 3 is 2.45 bits per heavy atom. The number of para-hydroxylation sites is 1. The predicted molar refractivity (Wildman–Crippen MR) is 72.2 cm³/mol. The molecule has 118 valence electrons. The molecular formula is C13H14N2O7. The van der Waals surface area contributed by atoms with Gasteiger partial charge in [0.25, 0.3) is 17.5 Å². The smallest absolute Gasteiger partial charge is 0.428 e. The SMILES string of the molecule is CCC(=O)N(OC(=O)OCc1ccccc1[N+](=O)[O-])C(C)=O. The molecule has 1 aromatic rings. The van der Waals surface area contributed by atoms with Crippen molar-refractivity contribution in [3.63, 3.8) is 0 Å². The summed E-state index contributed by atoms with van der Waals surface area (Å²) in [5.41, 5.74) is -0.0657. The lowest BCUT2D eigenvalue weighted by atomic mass is 10.2. The number of carbonyl (C=O) groups is 3. The number of benzene rings is 1. The van der Waals surface area contributed by atoms with Crippen LogP contribution in [0.3, 0.4) is 0 Å². The second-order valence-electron chi connectivity index (χ2n) is 4.08. The van der Waals surface area contributed by atoms with Gasteiger partial charge >= 0.3 is 6.16 Å². The van der Waals surface area contributed by atoms with Crippen LogP contribution in [0.4, 0.5) is 10.5 Å². The molecule has 9 heteroatoms. The highest BCUT2D eigenvalue weighted by Gasteiger charge is 2.23. The molecule has 0 heterocycles. The molecule has 0 radical (unpaired) electrons. The van der Waals surface area contributed by atoms with Crippen LogP contribution >= 0.6 is 0 Å². The number of imide groups is 1. The van der Waals surface area contributed by atoms with E-state index in [1.54, 1.807) is 6.07 Å². The maximum absolute atomic E-state index is 11.5. The third-order valence-corrected chi connectivity index (χ3v) is 2.51. The van der Waals surface area contributed by atoms with Crippen molar-refractivity contribution >= 4 is 23.7 Å². The fourth-order valence-corrected chi connectivity index (χ4v) is 1.48. The van der Waals surface area contributed by atoms with Crippen molar-refractivity contribution in [3.05, 3.63) is 39.9 Å². The van der Waals surface area contributed by atoms with Crippen molar-refractivity contribution in [1.82, 2.24) is 5.06 Å². The summed E-state index contributed by atoms with van der Waals surface area (Å²) in [4.78, 5) is 48.7. The first-order valence-electron chi connectivity index (χ1n) is 6.27. The summed E-state index contributed by atoms with van der Waals surface area (Å²) in [5, 5.41) is 11.1. The van der Waals surface area contributed by atoms with Gasteiger partial charge in [-0.15, -0.1) is 0 Å². The van der Waals surface area contributed by atoms with E-state index in [9.17, 15) is 24.5 Å². The van der Waals surface area contributed by atoms with Gasteiger partial charge in [0.15, 0.2) is 0 Å². The number of nitro groups is 1. The quantitative estimate of drug-likeness (QED) is 0.474. The van der Waals surface area contributed by atoms with E-state index in [-0.39, 0.29) is 22.7 Å². The monoisotopic (exact) mass is 310 g/mol. The number of carbonyl (C=O) groups excluding carboxylic acids is 3. The number of amides is 2. The molecule has 1 aromatic carbocycles. The molecule has 22 heavy (non-hydrogen) atoms. The topological polar surface area (TPSA) is 116 Å². The molecule has 0 unspecified atom stereocenters. The van der Waals surface area contributed by atoms with Crippen LogP contribution in [0.15, 0.2) is 24.3 Å². The molecule has 9 nitrogen and oxygen atoms in total. The standard InChI is InChI=1S/C13H14N2O7/c1-3-12(17)14(9(2)16)22-13(18)21-8-10-6-4-5-7-11(10)15(19)20/h4-7H,3,8H2,1-2H3. The van der Waals surface area contributed by atoms with Gasteiger partial charge < -0.3 is 4.74 Å². The second-order valence-corrected chi connectivity index (χ2v) is 4.08. The van der Waals surface area contributed by atoms with E-state index >= 15 is 0 Å². The van der Waals surface area contributed by atoms with Crippen molar-refractivity contribution < 1.29 is 28.9 Å². The summed E-state index contributed by atoms with van der Waals surface area (Å²) in [7, 11) is 0. The first-order chi connectivity index (χ1) is 10.4. The Kier molecular flexibility index (Phi) is 5.99. The molecule has 0 N–H and O–H groups in total. The molecule has 0 saturated carbocycles. The van der Waals surface area contributed by atoms with Crippen LogP contribution in [-0.2, 0) is 25.8 Å².